The Morgan fingerprint density at radius 2 is 1.79 bits per heavy atom. The number of nitro benzene ring substituents is 1. The normalized spacial score (nSPS) is 20.0. The van der Waals surface area contributed by atoms with Gasteiger partial charge in [-0.3, -0.25) is 24.7 Å². The topological polar surface area (TPSA) is 175 Å². The molecule has 0 saturated carbocycles. The lowest BCUT2D eigenvalue weighted by molar-refractivity contribution is -0.384. The number of pyridine rings is 1. The highest BCUT2D eigenvalue weighted by Crippen LogP contribution is 2.43. The lowest BCUT2D eigenvalue weighted by atomic mass is 9.72. The molecule has 3 saturated heterocycles. The van der Waals surface area contributed by atoms with Crippen molar-refractivity contribution in [3.8, 4) is 11.5 Å². The Morgan fingerprint density at radius 1 is 1.00 bits per heavy atom. The van der Waals surface area contributed by atoms with E-state index in [1.165, 1.54) is 35.0 Å². The third-order valence-corrected chi connectivity index (χ3v) is 15.1. The molecule has 9 rings (SSSR count). The Bertz CT molecular complexity index is 2730. The number of anilines is 2. The zero-order valence-electron chi connectivity index (χ0n) is 37.4. The number of hydrogen-bond donors (Lipinski definition) is 3. The molecule has 1 unspecified atom stereocenters. The average Bonchev–Trinajstić information content (AvgIpc) is 3.78. The molecule has 3 fully saturated rings. The first-order chi connectivity index (χ1) is 31.8. The maximum absolute atomic E-state index is 14.1. The van der Waals surface area contributed by atoms with Gasteiger partial charge in [-0.25, -0.2) is 18.1 Å². The van der Waals surface area contributed by atoms with Crippen LogP contribution in [0.1, 0.15) is 74.7 Å². The van der Waals surface area contributed by atoms with Gasteiger partial charge in [0.05, 0.1) is 21.6 Å². The van der Waals surface area contributed by atoms with Crippen molar-refractivity contribution in [1.82, 2.24) is 24.5 Å². The maximum atomic E-state index is 14.1. The predicted molar refractivity (Wildman–Crippen MR) is 257 cm³/mol. The standard InChI is InChI=1S/C49H57ClN8O7S/c1-49(2)17-13-35(43(29-49)33-5-7-36(50)8-6-33)31-55-20-22-56(23-21-55)39-9-11-42(46(27-39)65-40-26-34-14-18-51-47(34)52-30-40)48(59)54-66(62,63)41-10-12-44(45(28-41)58(60)61)53-37-4-3-19-57(32-37)38-15-24-64-25-16-38/h5-12,14,18,26-28,30,37-38,53H,3-4,13,15-17,19-25,29,31-32H2,1-2H3,(H,51,52)(H,54,59). The van der Waals surface area contributed by atoms with Crippen molar-refractivity contribution in [3.05, 3.63) is 117 Å². The van der Waals surface area contributed by atoms with Gasteiger partial charge in [0.1, 0.15) is 22.8 Å². The number of allylic oxidation sites excluding steroid dienone is 1. The molecule has 66 heavy (non-hydrogen) atoms. The zero-order valence-corrected chi connectivity index (χ0v) is 39.0. The number of aromatic nitrogens is 2. The number of nitrogens with zero attached hydrogens (tertiary/aromatic N) is 5. The number of aromatic amines is 1. The van der Waals surface area contributed by atoms with E-state index in [1.54, 1.807) is 30.5 Å². The number of benzene rings is 3. The van der Waals surface area contributed by atoms with E-state index in [0.29, 0.717) is 17.4 Å². The van der Waals surface area contributed by atoms with Crippen LogP contribution in [-0.2, 0) is 14.8 Å². The number of nitrogens with one attached hydrogen (secondary N) is 3. The van der Waals surface area contributed by atoms with Crippen LogP contribution in [0.5, 0.6) is 11.5 Å². The SMILES string of the molecule is CC1(C)CCC(CN2CCN(c3ccc(C(=O)NS(=O)(=O)c4ccc(NC5CCCN(C6CCOCC6)C5)c([N+](=O)[O-])c4)c(Oc4cnc5[nH]ccc5c4)c3)CC2)=C(c2ccc(Cl)cc2)C1. The summed E-state index contributed by atoms with van der Waals surface area (Å²) in [6.07, 6.45) is 10.2. The van der Waals surface area contributed by atoms with E-state index in [0.717, 1.165) is 126 Å². The van der Waals surface area contributed by atoms with Crippen molar-refractivity contribution >= 4 is 61.2 Å². The molecule has 0 bridgehead atoms. The molecule has 15 nitrogen and oxygen atoms in total. The highest BCUT2D eigenvalue weighted by atomic mass is 35.5. The van der Waals surface area contributed by atoms with Crippen LogP contribution in [0, 0.1) is 15.5 Å². The number of sulfonamides is 1. The van der Waals surface area contributed by atoms with E-state index < -0.39 is 31.4 Å². The van der Waals surface area contributed by atoms with E-state index in [2.05, 4.69) is 60.7 Å². The summed E-state index contributed by atoms with van der Waals surface area (Å²) in [6, 6.07) is 21.0. The number of ether oxygens (including phenoxy) is 2. The molecule has 5 heterocycles. The van der Waals surface area contributed by atoms with Crippen molar-refractivity contribution in [1.29, 1.82) is 0 Å². The molecule has 348 valence electrons. The van der Waals surface area contributed by atoms with E-state index in [1.807, 2.05) is 18.2 Å². The summed E-state index contributed by atoms with van der Waals surface area (Å²) in [5.41, 5.74) is 5.61. The fourth-order valence-corrected chi connectivity index (χ4v) is 11.0. The van der Waals surface area contributed by atoms with Crippen molar-refractivity contribution < 1.29 is 27.6 Å². The van der Waals surface area contributed by atoms with Crippen LogP contribution in [0.25, 0.3) is 16.6 Å². The number of nitro groups is 1. The lowest BCUT2D eigenvalue weighted by Gasteiger charge is -2.40. The van der Waals surface area contributed by atoms with Gasteiger partial charge in [0.2, 0.25) is 0 Å². The molecule has 1 aliphatic carbocycles. The minimum absolute atomic E-state index is 0.0313. The minimum Gasteiger partial charge on any atom is -0.455 e. The molecule has 5 aromatic rings. The zero-order chi connectivity index (χ0) is 46.0. The van der Waals surface area contributed by atoms with E-state index in [4.69, 9.17) is 21.1 Å². The Balaban J connectivity index is 0.917. The molecule has 3 aliphatic heterocycles. The molecule has 4 aliphatic rings. The van der Waals surface area contributed by atoms with Gasteiger partial charge >= 0.3 is 0 Å². The Hall–Kier alpha value is -5.52. The van der Waals surface area contributed by atoms with Crippen LogP contribution >= 0.6 is 11.6 Å². The smallest absolute Gasteiger partial charge is 0.293 e. The number of piperazine rings is 1. The first-order valence-electron chi connectivity index (χ1n) is 22.9. The highest BCUT2D eigenvalue weighted by molar-refractivity contribution is 7.90. The molecule has 17 heteroatoms. The second-order valence-corrected chi connectivity index (χ2v) is 20.9. The summed E-state index contributed by atoms with van der Waals surface area (Å²) in [6.45, 7) is 11.8. The van der Waals surface area contributed by atoms with Crippen LogP contribution in [0.4, 0.5) is 17.1 Å². The maximum Gasteiger partial charge on any atom is 0.293 e. The molecule has 0 radical (unpaired) electrons. The second kappa shape index (κ2) is 19.4. The quantitative estimate of drug-likeness (QED) is 0.0757. The van der Waals surface area contributed by atoms with Crippen LogP contribution in [0.15, 0.2) is 95.7 Å². The fourth-order valence-electron chi connectivity index (χ4n) is 9.89. The molecule has 3 N–H and O–H groups in total. The number of carbonyl (C=O) groups is 1. The molecular formula is C49H57ClN8O7S. The molecule has 3 aromatic carbocycles. The number of H-pyrrole nitrogens is 1. The van der Waals surface area contributed by atoms with Gasteiger partial charge in [0, 0.05) is 99.0 Å². The monoisotopic (exact) mass is 936 g/mol. The van der Waals surface area contributed by atoms with E-state index in [9.17, 15) is 23.3 Å². The minimum atomic E-state index is -4.58. The molecular weight excluding hydrogens is 880 g/mol. The summed E-state index contributed by atoms with van der Waals surface area (Å²) < 4.78 is 41.8. The number of hydrogen-bond acceptors (Lipinski definition) is 12. The molecule has 0 spiro atoms. The number of halogens is 1. The predicted octanol–water partition coefficient (Wildman–Crippen LogP) is 8.88. The number of amides is 1. The van der Waals surface area contributed by atoms with Gasteiger partial charge in [0.15, 0.2) is 0 Å². The molecule has 1 amide bonds. The lowest BCUT2D eigenvalue weighted by Crippen LogP contribution is -2.48. The molecule has 1 atom stereocenters. The van der Waals surface area contributed by atoms with Gasteiger partial charge in [-0.2, -0.15) is 0 Å². The first kappa shape index (κ1) is 45.6. The Labute approximate surface area is 390 Å². The molecule has 2 aromatic heterocycles. The Morgan fingerprint density at radius 3 is 2.56 bits per heavy atom. The van der Waals surface area contributed by atoms with Crippen molar-refractivity contribution in [2.45, 2.75) is 75.8 Å². The van der Waals surface area contributed by atoms with Gasteiger partial charge in [-0.1, -0.05) is 43.2 Å². The fraction of sp³-hybridized carbons (Fsp3) is 0.429. The summed E-state index contributed by atoms with van der Waals surface area (Å²) >= 11 is 6.25. The summed E-state index contributed by atoms with van der Waals surface area (Å²) in [4.78, 5) is 40.1. The third-order valence-electron chi connectivity index (χ3n) is 13.6. The highest BCUT2D eigenvalue weighted by Gasteiger charge is 2.32. The number of carbonyl (C=O) groups excluding carboxylic acids is 1. The number of fused-ring (bicyclic) bond motifs is 1. The summed E-state index contributed by atoms with van der Waals surface area (Å²) in [5.74, 6) is -0.457. The van der Waals surface area contributed by atoms with Crippen molar-refractivity contribution in [3.63, 3.8) is 0 Å². The number of piperidine rings is 1. The largest absolute Gasteiger partial charge is 0.455 e. The van der Waals surface area contributed by atoms with Gasteiger partial charge in [-0.15, -0.1) is 0 Å². The first-order valence-corrected chi connectivity index (χ1v) is 24.8. The van der Waals surface area contributed by atoms with Crippen molar-refractivity contribution in [2.24, 2.45) is 5.41 Å². The van der Waals surface area contributed by atoms with Crippen molar-refractivity contribution in [2.75, 3.05) is 69.2 Å². The Kier molecular flexibility index (Phi) is 13.4. The number of likely N-dealkylation sites (tertiary alicyclic amines) is 1. The van der Waals surface area contributed by atoms with Gasteiger partial charge in [0.25, 0.3) is 21.6 Å². The number of rotatable bonds is 13. The van der Waals surface area contributed by atoms with Crippen LogP contribution in [0.2, 0.25) is 5.02 Å². The van der Waals surface area contributed by atoms with Gasteiger partial charge < -0.3 is 24.7 Å². The van der Waals surface area contributed by atoms with Crippen LogP contribution in [-0.4, -0.2) is 110 Å². The van der Waals surface area contributed by atoms with E-state index in [-0.39, 0.29) is 28.5 Å². The van der Waals surface area contributed by atoms with E-state index >= 15 is 0 Å². The second-order valence-electron chi connectivity index (χ2n) is 18.8. The average molecular weight is 938 g/mol. The van der Waals surface area contributed by atoms with Gasteiger partial charge in [-0.05, 0) is 117 Å². The summed E-state index contributed by atoms with van der Waals surface area (Å²) in [7, 11) is -4.58. The van der Waals surface area contributed by atoms with Crippen LogP contribution in [0.3, 0.4) is 0 Å². The van der Waals surface area contributed by atoms with Crippen LogP contribution < -0.4 is 19.7 Å². The summed E-state index contributed by atoms with van der Waals surface area (Å²) in [5, 5.41) is 17.2. The third kappa shape index (κ3) is 10.5.